The highest BCUT2D eigenvalue weighted by atomic mass is 32.2. The predicted octanol–water partition coefficient (Wildman–Crippen LogP) is -0.912. The Labute approximate surface area is 102 Å². The minimum absolute atomic E-state index is 0.0515. The Kier molecular flexibility index (Phi) is 4.39. The largest absolute Gasteiger partial charge is 0.337 e. The average Bonchev–Trinajstić information content (AvgIpc) is 2.12. The van der Waals surface area contributed by atoms with E-state index in [1.165, 1.54) is 6.07 Å². The summed E-state index contributed by atoms with van der Waals surface area (Å²) in [4.78, 5) is 28.4. The Balaban J connectivity index is 2.52. The molecule has 0 saturated carbocycles. The molecule has 1 aromatic heterocycles. The van der Waals surface area contributed by atoms with Crippen molar-refractivity contribution in [2.24, 2.45) is 0 Å². The summed E-state index contributed by atoms with van der Waals surface area (Å²) in [5.41, 5.74) is 0.00252. The van der Waals surface area contributed by atoms with E-state index in [4.69, 9.17) is 4.55 Å². The SMILES string of the molecule is Cc1cc(=O)[nH]c(NC(=O)NCCS(=O)(=O)O)n1. The maximum absolute atomic E-state index is 11.3. The van der Waals surface area contributed by atoms with Crippen molar-refractivity contribution >= 4 is 22.1 Å². The van der Waals surface area contributed by atoms with E-state index >= 15 is 0 Å². The number of carbonyl (C=O) groups is 1. The number of hydrogen-bond acceptors (Lipinski definition) is 5. The second-order valence-electron chi connectivity index (χ2n) is 3.40. The monoisotopic (exact) mass is 276 g/mol. The van der Waals surface area contributed by atoms with Gasteiger partial charge in [0.25, 0.3) is 15.7 Å². The maximum atomic E-state index is 11.3. The fraction of sp³-hybridized carbons (Fsp3) is 0.375. The van der Waals surface area contributed by atoms with E-state index in [2.05, 4.69) is 20.6 Å². The van der Waals surface area contributed by atoms with Crippen LogP contribution in [0.15, 0.2) is 10.9 Å². The van der Waals surface area contributed by atoms with Gasteiger partial charge in [0.05, 0.1) is 5.75 Å². The third-order valence-electron chi connectivity index (χ3n) is 1.75. The molecule has 10 heteroatoms. The van der Waals surface area contributed by atoms with Crippen LogP contribution in [0.25, 0.3) is 0 Å². The van der Waals surface area contributed by atoms with Crippen LogP contribution in [0.1, 0.15) is 5.69 Å². The van der Waals surface area contributed by atoms with Gasteiger partial charge in [0.2, 0.25) is 5.95 Å². The van der Waals surface area contributed by atoms with Crippen LogP contribution >= 0.6 is 0 Å². The van der Waals surface area contributed by atoms with Crippen LogP contribution in [0, 0.1) is 6.92 Å². The van der Waals surface area contributed by atoms with Gasteiger partial charge in [-0.25, -0.2) is 9.78 Å². The number of nitrogens with zero attached hydrogens (tertiary/aromatic N) is 1. The Morgan fingerprint density at radius 3 is 2.78 bits per heavy atom. The fourth-order valence-electron chi connectivity index (χ4n) is 1.08. The molecule has 4 N–H and O–H groups in total. The number of aryl methyl sites for hydroxylation is 1. The molecular formula is C8H12N4O5S. The number of nitrogens with one attached hydrogen (secondary N) is 3. The number of amides is 2. The summed E-state index contributed by atoms with van der Waals surface area (Å²) in [7, 11) is -4.12. The molecule has 0 radical (unpaired) electrons. The molecule has 9 nitrogen and oxygen atoms in total. The van der Waals surface area contributed by atoms with Crippen molar-refractivity contribution in [3.8, 4) is 0 Å². The summed E-state index contributed by atoms with van der Waals surface area (Å²) >= 11 is 0. The molecule has 0 unspecified atom stereocenters. The van der Waals surface area contributed by atoms with Crippen molar-refractivity contribution in [2.75, 3.05) is 17.6 Å². The van der Waals surface area contributed by atoms with Crippen molar-refractivity contribution < 1.29 is 17.8 Å². The number of urea groups is 1. The molecule has 1 heterocycles. The molecule has 0 aliphatic heterocycles. The Bertz CT molecular complexity index is 594. The Morgan fingerprint density at radius 2 is 2.22 bits per heavy atom. The van der Waals surface area contributed by atoms with Gasteiger partial charge in [-0.15, -0.1) is 0 Å². The third-order valence-corrected chi connectivity index (χ3v) is 2.47. The van der Waals surface area contributed by atoms with Gasteiger partial charge in [-0.3, -0.25) is 19.6 Å². The van der Waals surface area contributed by atoms with Gasteiger partial charge in [0.1, 0.15) is 0 Å². The molecule has 1 rings (SSSR count). The quantitative estimate of drug-likeness (QED) is 0.524. The fourth-order valence-corrected chi connectivity index (χ4v) is 1.44. The number of hydrogen-bond donors (Lipinski definition) is 4. The molecule has 2 amide bonds. The van der Waals surface area contributed by atoms with Gasteiger partial charge in [-0.1, -0.05) is 0 Å². The zero-order valence-corrected chi connectivity index (χ0v) is 10.2. The van der Waals surface area contributed by atoms with Gasteiger partial charge in [0.15, 0.2) is 0 Å². The highest BCUT2D eigenvalue weighted by molar-refractivity contribution is 7.85. The third kappa shape index (κ3) is 5.41. The molecular weight excluding hydrogens is 264 g/mol. The van der Waals surface area contributed by atoms with Gasteiger partial charge in [0, 0.05) is 18.3 Å². The first kappa shape index (κ1) is 14.1. The molecule has 100 valence electrons. The molecule has 0 aliphatic carbocycles. The van der Waals surface area contributed by atoms with Crippen molar-refractivity contribution in [2.45, 2.75) is 6.92 Å². The van der Waals surface area contributed by atoms with E-state index in [1.807, 2.05) is 0 Å². The molecule has 0 fully saturated rings. The summed E-state index contributed by atoms with van der Waals surface area (Å²) in [5.74, 6) is -0.651. The summed E-state index contributed by atoms with van der Waals surface area (Å²) < 4.78 is 29.2. The topological polar surface area (TPSA) is 141 Å². The lowest BCUT2D eigenvalue weighted by molar-refractivity contribution is 0.252. The van der Waals surface area contributed by atoms with E-state index in [0.717, 1.165) is 0 Å². The molecule has 0 bridgehead atoms. The van der Waals surface area contributed by atoms with E-state index in [1.54, 1.807) is 6.92 Å². The van der Waals surface area contributed by atoms with Crippen molar-refractivity contribution in [3.63, 3.8) is 0 Å². The average molecular weight is 276 g/mol. The molecule has 0 spiro atoms. The Morgan fingerprint density at radius 1 is 1.56 bits per heavy atom. The number of anilines is 1. The second-order valence-corrected chi connectivity index (χ2v) is 4.97. The van der Waals surface area contributed by atoms with E-state index in [0.29, 0.717) is 5.69 Å². The first-order valence-electron chi connectivity index (χ1n) is 4.84. The molecule has 0 aliphatic rings. The highest BCUT2D eigenvalue weighted by Gasteiger charge is 2.07. The number of H-pyrrole nitrogens is 1. The van der Waals surface area contributed by atoms with Gasteiger partial charge in [-0.05, 0) is 6.92 Å². The first-order chi connectivity index (χ1) is 8.26. The summed E-state index contributed by atoms with van der Waals surface area (Å²) in [6, 6.07) is 0.508. The van der Waals surface area contributed by atoms with Crippen LogP contribution in [0.4, 0.5) is 10.7 Å². The zero-order chi connectivity index (χ0) is 13.8. The first-order valence-corrected chi connectivity index (χ1v) is 6.45. The summed E-state index contributed by atoms with van der Waals surface area (Å²) in [5, 5.41) is 4.39. The highest BCUT2D eigenvalue weighted by Crippen LogP contribution is 1.94. The number of carbonyl (C=O) groups excluding carboxylic acids is 1. The standard InChI is InChI=1S/C8H12N4O5S/c1-5-4-6(13)11-7(10-5)12-8(14)9-2-3-18(15,16)17/h4H,2-3H2,1H3,(H,15,16,17)(H3,9,10,11,12,13,14). The smallest absolute Gasteiger partial charge is 0.321 e. The van der Waals surface area contributed by atoms with Crippen LogP contribution in [0.3, 0.4) is 0 Å². The minimum atomic E-state index is -4.12. The van der Waals surface area contributed by atoms with Gasteiger partial charge in [-0.2, -0.15) is 8.42 Å². The lowest BCUT2D eigenvalue weighted by Crippen LogP contribution is -2.33. The van der Waals surface area contributed by atoms with E-state index in [9.17, 15) is 18.0 Å². The van der Waals surface area contributed by atoms with Crippen LogP contribution in [-0.4, -0.2) is 41.3 Å². The minimum Gasteiger partial charge on any atom is -0.337 e. The van der Waals surface area contributed by atoms with E-state index < -0.39 is 27.5 Å². The molecule has 0 aromatic carbocycles. The molecule has 0 saturated heterocycles. The lowest BCUT2D eigenvalue weighted by Gasteiger charge is -2.06. The number of aromatic amines is 1. The summed E-state index contributed by atoms with van der Waals surface area (Å²) in [6.07, 6.45) is 0. The van der Waals surface area contributed by atoms with Crippen molar-refractivity contribution in [3.05, 3.63) is 22.1 Å². The van der Waals surface area contributed by atoms with Crippen LogP contribution in [0.2, 0.25) is 0 Å². The number of aromatic nitrogens is 2. The summed E-state index contributed by atoms with van der Waals surface area (Å²) in [6.45, 7) is 1.32. The van der Waals surface area contributed by atoms with E-state index in [-0.39, 0.29) is 12.5 Å². The number of rotatable bonds is 4. The molecule has 18 heavy (non-hydrogen) atoms. The van der Waals surface area contributed by atoms with Crippen LogP contribution < -0.4 is 16.2 Å². The van der Waals surface area contributed by atoms with Crippen LogP contribution in [0.5, 0.6) is 0 Å². The predicted molar refractivity (Wildman–Crippen MR) is 63.0 cm³/mol. The van der Waals surface area contributed by atoms with Gasteiger partial charge >= 0.3 is 6.03 Å². The molecule has 0 atom stereocenters. The van der Waals surface area contributed by atoms with Crippen molar-refractivity contribution in [1.29, 1.82) is 0 Å². The van der Waals surface area contributed by atoms with Crippen LogP contribution in [-0.2, 0) is 10.1 Å². The molecule has 1 aromatic rings. The lowest BCUT2D eigenvalue weighted by atomic mass is 10.4. The second kappa shape index (κ2) is 5.60. The maximum Gasteiger partial charge on any atom is 0.321 e. The van der Waals surface area contributed by atoms with Gasteiger partial charge < -0.3 is 5.32 Å². The van der Waals surface area contributed by atoms with Crippen molar-refractivity contribution in [1.82, 2.24) is 15.3 Å². The Hall–Kier alpha value is -1.94. The zero-order valence-electron chi connectivity index (χ0n) is 9.43. The normalized spacial score (nSPS) is 11.0.